The van der Waals surface area contributed by atoms with Gasteiger partial charge in [0, 0.05) is 6.54 Å². The minimum absolute atomic E-state index is 0.450. The molecule has 2 N–H and O–H groups in total. The molecule has 0 amide bonds. The molecule has 0 aromatic heterocycles. The molecule has 1 fully saturated rings. The predicted molar refractivity (Wildman–Crippen MR) is 63.4 cm³/mol. The maximum absolute atomic E-state index is 13.1. The van der Waals surface area contributed by atoms with Crippen molar-refractivity contribution in [3.63, 3.8) is 0 Å². The average molecular weight is 258 g/mol. The van der Waals surface area contributed by atoms with E-state index < -0.39 is 17.5 Å². The summed E-state index contributed by atoms with van der Waals surface area (Å²) in [5, 5.41) is 0. The van der Waals surface area contributed by atoms with Crippen LogP contribution in [0, 0.1) is 23.4 Å². The van der Waals surface area contributed by atoms with E-state index in [0.29, 0.717) is 24.6 Å². The zero-order valence-electron chi connectivity index (χ0n) is 10.1. The van der Waals surface area contributed by atoms with E-state index in [-0.39, 0.29) is 0 Å². The standard InChI is InChI=1S/C13H17F3N2/c14-11-5-10(6-12(15)13(11)16)8-18-3-1-9(7-17)2-4-18/h5-6,9H,1-4,7-8,17H2. The van der Waals surface area contributed by atoms with Crippen molar-refractivity contribution in [1.29, 1.82) is 0 Å². The lowest BCUT2D eigenvalue weighted by Gasteiger charge is -2.31. The van der Waals surface area contributed by atoms with Gasteiger partial charge in [-0.2, -0.15) is 0 Å². The molecule has 1 aliphatic rings. The van der Waals surface area contributed by atoms with E-state index in [1.807, 2.05) is 0 Å². The zero-order chi connectivity index (χ0) is 13.1. The zero-order valence-corrected chi connectivity index (χ0v) is 10.1. The Kier molecular flexibility index (Phi) is 4.24. The van der Waals surface area contributed by atoms with Gasteiger partial charge in [0.1, 0.15) is 0 Å². The molecule has 0 unspecified atom stereocenters. The van der Waals surface area contributed by atoms with E-state index in [9.17, 15) is 13.2 Å². The Bertz CT molecular complexity index is 392. The molecule has 5 heteroatoms. The van der Waals surface area contributed by atoms with Crippen LogP contribution < -0.4 is 5.73 Å². The Balaban J connectivity index is 1.98. The third kappa shape index (κ3) is 3.03. The quantitative estimate of drug-likeness (QED) is 0.843. The van der Waals surface area contributed by atoms with E-state index >= 15 is 0 Å². The van der Waals surface area contributed by atoms with Crippen molar-refractivity contribution in [3.05, 3.63) is 35.1 Å². The maximum atomic E-state index is 13.1. The largest absolute Gasteiger partial charge is 0.330 e. The van der Waals surface area contributed by atoms with E-state index in [1.165, 1.54) is 0 Å². The van der Waals surface area contributed by atoms with Crippen molar-refractivity contribution in [2.24, 2.45) is 11.7 Å². The lowest BCUT2D eigenvalue weighted by Crippen LogP contribution is -2.35. The average Bonchev–Trinajstić information content (AvgIpc) is 2.37. The van der Waals surface area contributed by atoms with E-state index in [1.54, 1.807) is 0 Å². The fraction of sp³-hybridized carbons (Fsp3) is 0.538. The number of hydrogen-bond acceptors (Lipinski definition) is 2. The lowest BCUT2D eigenvalue weighted by molar-refractivity contribution is 0.180. The fourth-order valence-corrected chi connectivity index (χ4v) is 2.34. The van der Waals surface area contributed by atoms with Crippen LogP contribution >= 0.6 is 0 Å². The molecule has 1 aromatic rings. The number of piperidine rings is 1. The van der Waals surface area contributed by atoms with Crippen molar-refractivity contribution in [2.45, 2.75) is 19.4 Å². The van der Waals surface area contributed by atoms with Gasteiger partial charge in [-0.15, -0.1) is 0 Å². The highest BCUT2D eigenvalue weighted by Crippen LogP contribution is 2.20. The Hall–Kier alpha value is -1.07. The molecule has 1 heterocycles. The van der Waals surface area contributed by atoms with Gasteiger partial charge in [-0.25, -0.2) is 13.2 Å². The number of likely N-dealkylation sites (tertiary alicyclic amines) is 1. The van der Waals surface area contributed by atoms with Gasteiger partial charge in [0.15, 0.2) is 17.5 Å². The van der Waals surface area contributed by atoms with Crippen molar-refractivity contribution in [1.82, 2.24) is 4.90 Å². The van der Waals surface area contributed by atoms with Crippen LogP contribution in [0.25, 0.3) is 0 Å². The number of rotatable bonds is 3. The summed E-state index contributed by atoms with van der Waals surface area (Å²) < 4.78 is 38.9. The molecule has 0 spiro atoms. The van der Waals surface area contributed by atoms with Crippen LogP contribution in [0.15, 0.2) is 12.1 Å². The first-order valence-corrected chi connectivity index (χ1v) is 6.16. The normalized spacial score (nSPS) is 18.2. The third-order valence-corrected chi connectivity index (χ3v) is 3.49. The first kappa shape index (κ1) is 13.4. The second-order valence-electron chi connectivity index (χ2n) is 4.83. The summed E-state index contributed by atoms with van der Waals surface area (Å²) >= 11 is 0. The van der Waals surface area contributed by atoms with Crippen LogP contribution in [0.2, 0.25) is 0 Å². The van der Waals surface area contributed by atoms with Crippen LogP contribution in [-0.2, 0) is 6.54 Å². The Morgan fingerprint density at radius 1 is 1.11 bits per heavy atom. The predicted octanol–water partition coefficient (Wildman–Crippen LogP) is 2.27. The fourth-order valence-electron chi connectivity index (χ4n) is 2.34. The summed E-state index contributed by atoms with van der Waals surface area (Å²) in [6.07, 6.45) is 2.01. The van der Waals surface area contributed by atoms with Crippen molar-refractivity contribution in [2.75, 3.05) is 19.6 Å². The summed E-state index contributed by atoms with van der Waals surface area (Å²) in [6.45, 7) is 2.87. The molecule has 0 radical (unpaired) electrons. The first-order chi connectivity index (χ1) is 8.60. The van der Waals surface area contributed by atoms with Crippen LogP contribution in [0.1, 0.15) is 18.4 Å². The van der Waals surface area contributed by atoms with Gasteiger partial charge in [-0.05, 0) is 56.1 Å². The number of hydrogen-bond donors (Lipinski definition) is 1. The molecule has 1 aromatic carbocycles. The number of benzene rings is 1. The Labute approximate surface area is 105 Å². The van der Waals surface area contributed by atoms with Gasteiger partial charge in [0.2, 0.25) is 0 Å². The number of nitrogens with two attached hydrogens (primary N) is 1. The molecule has 1 aliphatic heterocycles. The Morgan fingerprint density at radius 3 is 2.17 bits per heavy atom. The lowest BCUT2D eigenvalue weighted by atomic mass is 9.97. The van der Waals surface area contributed by atoms with Crippen molar-refractivity contribution in [3.8, 4) is 0 Å². The highest BCUT2D eigenvalue weighted by atomic mass is 19.2. The molecule has 2 rings (SSSR count). The van der Waals surface area contributed by atoms with Gasteiger partial charge in [0.05, 0.1) is 0 Å². The van der Waals surface area contributed by atoms with Gasteiger partial charge >= 0.3 is 0 Å². The van der Waals surface area contributed by atoms with Gasteiger partial charge < -0.3 is 5.73 Å². The summed E-state index contributed by atoms with van der Waals surface area (Å²) in [5.74, 6) is -3.10. The minimum Gasteiger partial charge on any atom is -0.330 e. The Morgan fingerprint density at radius 2 is 1.67 bits per heavy atom. The van der Waals surface area contributed by atoms with Crippen LogP contribution in [0.4, 0.5) is 13.2 Å². The highest BCUT2D eigenvalue weighted by molar-refractivity contribution is 5.19. The summed E-state index contributed by atoms with van der Waals surface area (Å²) in [4.78, 5) is 2.11. The van der Waals surface area contributed by atoms with Gasteiger partial charge in [0.25, 0.3) is 0 Å². The second-order valence-corrected chi connectivity index (χ2v) is 4.83. The molecule has 0 bridgehead atoms. The van der Waals surface area contributed by atoms with Crippen LogP contribution in [0.3, 0.4) is 0 Å². The molecule has 18 heavy (non-hydrogen) atoms. The van der Waals surface area contributed by atoms with E-state index in [0.717, 1.165) is 38.1 Å². The maximum Gasteiger partial charge on any atom is 0.194 e. The number of nitrogens with zero attached hydrogens (tertiary/aromatic N) is 1. The van der Waals surface area contributed by atoms with Crippen LogP contribution in [0.5, 0.6) is 0 Å². The number of halogens is 3. The molecular formula is C13H17F3N2. The van der Waals surface area contributed by atoms with E-state index in [2.05, 4.69) is 4.90 Å². The summed E-state index contributed by atoms with van der Waals surface area (Å²) in [7, 11) is 0. The monoisotopic (exact) mass is 258 g/mol. The first-order valence-electron chi connectivity index (χ1n) is 6.16. The SMILES string of the molecule is NCC1CCN(Cc2cc(F)c(F)c(F)c2)CC1. The molecule has 0 aliphatic carbocycles. The van der Waals surface area contributed by atoms with Crippen LogP contribution in [-0.4, -0.2) is 24.5 Å². The molecule has 100 valence electrons. The molecule has 2 nitrogen and oxygen atoms in total. The highest BCUT2D eigenvalue weighted by Gasteiger charge is 2.19. The van der Waals surface area contributed by atoms with Gasteiger partial charge in [-0.3, -0.25) is 4.90 Å². The van der Waals surface area contributed by atoms with Crippen molar-refractivity contribution < 1.29 is 13.2 Å². The van der Waals surface area contributed by atoms with E-state index in [4.69, 9.17) is 5.73 Å². The van der Waals surface area contributed by atoms with Crippen molar-refractivity contribution >= 4 is 0 Å². The molecule has 0 atom stereocenters. The van der Waals surface area contributed by atoms with Gasteiger partial charge in [-0.1, -0.05) is 0 Å². The molecular weight excluding hydrogens is 241 g/mol. The smallest absolute Gasteiger partial charge is 0.194 e. The molecule has 0 saturated carbocycles. The minimum atomic E-state index is -1.40. The summed E-state index contributed by atoms with van der Waals surface area (Å²) in [5.41, 5.74) is 6.07. The second kappa shape index (κ2) is 5.71. The third-order valence-electron chi connectivity index (χ3n) is 3.49. The topological polar surface area (TPSA) is 29.3 Å². The summed E-state index contributed by atoms with van der Waals surface area (Å²) in [6, 6.07) is 2.13. The molecule has 1 saturated heterocycles.